The fourth-order valence-corrected chi connectivity index (χ4v) is 1.30. The molecule has 1 rings (SSSR count). The second-order valence-corrected chi connectivity index (χ2v) is 4.09. The molecule has 1 amide bonds. The van der Waals surface area contributed by atoms with E-state index in [0.717, 1.165) is 12.5 Å². The van der Waals surface area contributed by atoms with Crippen LogP contribution in [0, 0.1) is 5.92 Å². The summed E-state index contributed by atoms with van der Waals surface area (Å²) in [6.45, 7) is 2.23. The maximum Gasteiger partial charge on any atom is 0.239 e. The smallest absolute Gasteiger partial charge is 0.239 e. The highest BCUT2D eigenvalue weighted by Crippen LogP contribution is 2.27. The lowest BCUT2D eigenvalue weighted by molar-refractivity contribution is -0.120. The van der Waals surface area contributed by atoms with Crippen LogP contribution in [-0.4, -0.2) is 52.3 Å². The van der Waals surface area contributed by atoms with Crippen molar-refractivity contribution in [1.82, 2.24) is 16.0 Å². The van der Waals surface area contributed by atoms with Crippen LogP contribution in [0.2, 0.25) is 0 Å². The Hall–Kier alpha value is -1.30. The third-order valence-corrected chi connectivity index (χ3v) is 2.52. The summed E-state index contributed by atoms with van der Waals surface area (Å²) in [5.41, 5.74) is 0. The van der Waals surface area contributed by atoms with Crippen LogP contribution < -0.4 is 16.0 Å². The zero-order valence-corrected chi connectivity index (χ0v) is 10.6. The van der Waals surface area contributed by atoms with E-state index in [1.54, 1.807) is 14.2 Å². The number of nitrogens with zero attached hydrogens (tertiary/aromatic N) is 1. The Morgan fingerprint density at radius 3 is 2.71 bits per heavy atom. The Balaban J connectivity index is 2.06. The van der Waals surface area contributed by atoms with Crippen molar-refractivity contribution in [2.45, 2.75) is 12.8 Å². The van der Waals surface area contributed by atoms with E-state index in [-0.39, 0.29) is 12.5 Å². The van der Waals surface area contributed by atoms with E-state index in [2.05, 4.69) is 20.9 Å². The lowest BCUT2D eigenvalue weighted by Crippen LogP contribution is -2.44. The molecule has 0 saturated heterocycles. The Kier molecular flexibility index (Phi) is 6.39. The summed E-state index contributed by atoms with van der Waals surface area (Å²) in [6.07, 6.45) is 2.59. The maximum absolute atomic E-state index is 11.4. The first-order valence-corrected chi connectivity index (χ1v) is 5.96. The van der Waals surface area contributed by atoms with Crippen LogP contribution in [0.15, 0.2) is 4.99 Å². The van der Waals surface area contributed by atoms with Gasteiger partial charge in [0, 0.05) is 27.2 Å². The van der Waals surface area contributed by atoms with Crippen LogP contribution in [0.3, 0.4) is 0 Å². The van der Waals surface area contributed by atoms with Gasteiger partial charge in [0.25, 0.3) is 0 Å². The lowest BCUT2D eigenvalue weighted by Gasteiger charge is -2.11. The Labute approximate surface area is 102 Å². The summed E-state index contributed by atoms with van der Waals surface area (Å²) < 4.78 is 4.84. The molecule has 98 valence electrons. The number of carbonyl (C=O) groups is 1. The van der Waals surface area contributed by atoms with Gasteiger partial charge in [0.15, 0.2) is 5.96 Å². The molecule has 1 saturated carbocycles. The van der Waals surface area contributed by atoms with E-state index in [1.165, 1.54) is 12.8 Å². The van der Waals surface area contributed by atoms with E-state index < -0.39 is 0 Å². The van der Waals surface area contributed by atoms with Crippen molar-refractivity contribution in [3.8, 4) is 0 Å². The van der Waals surface area contributed by atoms with Gasteiger partial charge in [0.1, 0.15) is 0 Å². The Morgan fingerprint density at radius 1 is 1.35 bits per heavy atom. The van der Waals surface area contributed by atoms with Crippen LogP contribution in [0.25, 0.3) is 0 Å². The molecule has 0 aromatic rings. The number of aliphatic imine (C=N–C) groups is 1. The van der Waals surface area contributed by atoms with E-state index >= 15 is 0 Å². The average Bonchev–Trinajstić information content (AvgIpc) is 3.13. The quantitative estimate of drug-likeness (QED) is 0.314. The van der Waals surface area contributed by atoms with Gasteiger partial charge in [-0.2, -0.15) is 0 Å². The molecule has 0 heterocycles. The molecule has 0 aromatic carbocycles. The summed E-state index contributed by atoms with van der Waals surface area (Å²) in [5.74, 6) is 1.40. The molecule has 1 aliphatic rings. The largest absolute Gasteiger partial charge is 0.383 e. The standard InChI is InChI=1S/C11H22N4O2/c1-12-11(14-7-9-3-4-9)15-8-10(16)13-5-6-17-2/h9H,3-8H2,1-2H3,(H,13,16)(H2,12,14,15). The Bertz CT molecular complexity index is 264. The summed E-state index contributed by atoms with van der Waals surface area (Å²) in [6, 6.07) is 0. The van der Waals surface area contributed by atoms with Crippen LogP contribution in [0.5, 0.6) is 0 Å². The molecule has 0 aromatic heterocycles. The third kappa shape index (κ3) is 6.78. The number of carbonyl (C=O) groups excluding carboxylic acids is 1. The van der Waals surface area contributed by atoms with Gasteiger partial charge in [-0.15, -0.1) is 0 Å². The second kappa shape index (κ2) is 7.89. The van der Waals surface area contributed by atoms with Crippen molar-refractivity contribution in [3.63, 3.8) is 0 Å². The zero-order valence-electron chi connectivity index (χ0n) is 10.6. The number of methoxy groups -OCH3 is 1. The number of hydrogen-bond donors (Lipinski definition) is 3. The molecule has 1 fully saturated rings. The molecule has 3 N–H and O–H groups in total. The Morgan fingerprint density at radius 2 is 2.12 bits per heavy atom. The van der Waals surface area contributed by atoms with Crippen molar-refractivity contribution in [3.05, 3.63) is 0 Å². The minimum Gasteiger partial charge on any atom is -0.383 e. The lowest BCUT2D eigenvalue weighted by atomic mass is 10.4. The van der Waals surface area contributed by atoms with Gasteiger partial charge in [-0.3, -0.25) is 9.79 Å². The van der Waals surface area contributed by atoms with E-state index in [0.29, 0.717) is 19.1 Å². The first kappa shape index (κ1) is 13.8. The first-order valence-electron chi connectivity index (χ1n) is 5.96. The SMILES string of the molecule is CN=C(NCC(=O)NCCOC)NCC1CC1. The second-order valence-electron chi connectivity index (χ2n) is 4.09. The minimum atomic E-state index is -0.0589. The monoisotopic (exact) mass is 242 g/mol. The molecule has 6 nitrogen and oxygen atoms in total. The van der Waals surface area contributed by atoms with Gasteiger partial charge >= 0.3 is 0 Å². The molecule has 0 aliphatic heterocycles. The highest BCUT2D eigenvalue weighted by atomic mass is 16.5. The van der Waals surface area contributed by atoms with Gasteiger partial charge in [0.2, 0.25) is 5.91 Å². The predicted octanol–water partition coefficient (Wildman–Crippen LogP) is -0.676. The van der Waals surface area contributed by atoms with Gasteiger partial charge in [0.05, 0.1) is 13.2 Å². The van der Waals surface area contributed by atoms with Crippen LogP contribution in [-0.2, 0) is 9.53 Å². The minimum absolute atomic E-state index is 0.0589. The first-order chi connectivity index (χ1) is 8.26. The van der Waals surface area contributed by atoms with E-state index in [9.17, 15) is 4.79 Å². The molecule has 17 heavy (non-hydrogen) atoms. The highest BCUT2D eigenvalue weighted by Gasteiger charge is 2.21. The van der Waals surface area contributed by atoms with Gasteiger partial charge in [-0.1, -0.05) is 0 Å². The van der Waals surface area contributed by atoms with Gasteiger partial charge in [-0.05, 0) is 18.8 Å². The van der Waals surface area contributed by atoms with Crippen molar-refractivity contribution < 1.29 is 9.53 Å². The number of ether oxygens (including phenoxy) is 1. The predicted molar refractivity (Wildman–Crippen MR) is 67.0 cm³/mol. The topological polar surface area (TPSA) is 74.8 Å². The van der Waals surface area contributed by atoms with Crippen molar-refractivity contribution >= 4 is 11.9 Å². The molecular weight excluding hydrogens is 220 g/mol. The maximum atomic E-state index is 11.4. The van der Waals surface area contributed by atoms with Crippen molar-refractivity contribution in [2.75, 3.05) is 40.4 Å². The van der Waals surface area contributed by atoms with E-state index in [4.69, 9.17) is 4.74 Å². The van der Waals surface area contributed by atoms with Crippen molar-refractivity contribution in [1.29, 1.82) is 0 Å². The van der Waals surface area contributed by atoms with E-state index in [1.807, 2.05) is 0 Å². The molecule has 1 aliphatic carbocycles. The summed E-state index contributed by atoms with van der Waals surface area (Å²) in [5, 5.41) is 8.88. The number of nitrogens with one attached hydrogen (secondary N) is 3. The number of rotatable bonds is 7. The summed E-state index contributed by atoms with van der Waals surface area (Å²) in [7, 11) is 3.30. The number of amides is 1. The zero-order chi connectivity index (χ0) is 12.5. The third-order valence-electron chi connectivity index (χ3n) is 2.52. The van der Waals surface area contributed by atoms with Crippen LogP contribution in [0.4, 0.5) is 0 Å². The summed E-state index contributed by atoms with van der Waals surface area (Å²) in [4.78, 5) is 15.4. The molecule has 0 bridgehead atoms. The highest BCUT2D eigenvalue weighted by molar-refractivity contribution is 5.86. The van der Waals surface area contributed by atoms with Gasteiger partial charge < -0.3 is 20.7 Å². The van der Waals surface area contributed by atoms with Crippen LogP contribution >= 0.6 is 0 Å². The molecule has 6 heteroatoms. The summed E-state index contributed by atoms with van der Waals surface area (Å²) >= 11 is 0. The molecule has 0 atom stereocenters. The number of guanidine groups is 1. The molecular formula is C11H22N4O2. The average molecular weight is 242 g/mol. The fraction of sp³-hybridized carbons (Fsp3) is 0.818. The normalized spacial score (nSPS) is 15.5. The molecule has 0 radical (unpaired) electrons. The molecule has 0 unspecified atom stereocenters. The van der Waals surface area contributed by atoms with Gasteiger partial charge in [-0.25, -0.2) is 0 Å². The molecule has 0 spiro atoms. The number of hydrogen-bond acceptors (Lipinski definition) is 3. The van der Waals surface area contributed by atoms with Crippen molar-refractivity contribution in [2.24, 2.45) is 10.9 Å². The van der Waals surface area contributed by atoms with Crippen LogP contribution in [0.1, 0.15) is 12.8 Å². The fourth-order valence-electron chi connectivity index (χ4n) is 1.30.